The van der Waals surface area contributed by atoms with Gasteiger partial charge in [0.25, 0.3) is 0 Å². The highest BCUT2D eigenvalue weighted by molar-refractivity contribution is 6.43. The van der Waals surface area contributed by atoms with Crippen LogP contribution in [-0.4, -0.2) is 31.6 Å². The van der Waals surface area contributed by atoms with Crippen molar-refractivity contribution in [3.8, 4) is 0 Å². The zero-order valence-electron chi connectivity index (χ0n) is 9.25. The topological polar surface area (TPSA) is 101 Å². The smallest absolute Gasteiger partial charge is 0.425 e. The molecule has 0 aliphatic rings. The summed E-state index contributed by atoms with van der Waals surface area (Å²) in [6, 6.07) is 8.52. The number of hydrogen-bond donors (Lipinski definition) is 2. The molecule has 1 atom stereocenters. The lowest BCUT2D eigenvalue weighted by molar-refractivity contribution is -0.396. The fraction of sp³-hybridized carbons (Fsp3) is 0.100. The third-order valence-corrected chi connectivity index (χ3v) is 2.53. The van der Waals surface area contributed by atoms with E-state index in [1.54, 1.807) is 30.3 Å². The molecule has 0 amide bonds. The summed E-state index contributed by atoms with van der Waals surface area (Å²) in [6.45, 7) is 0. The maximum Gasteiger partial charge on any atom is 0.496 e. The lowest BCUT2D eigenvalue weighted by Gasteiger charge is -2.15. The number of nitrogens with zero attached hydrogens (tertiary/aromatic N) is 3. The highest BCUT2D eigenvalue weighted by Crippen LogP contribution is 2.23. The van der Waals surface area contributed by atoms with Crippen LogP contribution < -0.4 is 0 Å². The molecule has 0 fully saturated rings. The maximum absolute atomic E-state index is 10.8. The Morgan fingerprint density at radius 2 is 2.00 bits per heavy atom. The first-order valence-electron chi connectivity index (χ1n) is 5.19. The van der Waals surface area contributed by atoms with Crippen molar-refractivity contribution in [3.05, 3.63) is 58.4 Å². The van der Waals surface area contributed by atoms with Crippen molar-refractivity contribution in [2.45, 2.75) is 5.94 Å². The van der Waals surface area contributed by atoms with Crippen LogP contribution in [0.5, 0.6) is 0 Å². The molecule has 0 aliphatic heterocycles. The SMILES string of the molecule is O=[N+]([O-])c1nccn1C(B(O)O)c1ccccc1. The predicted molar refractivity (Wildman–Crippen MR) is 63.7 cm³/mol. The van der Waals surface area contributed by atoms with Gasteiger partial charge in [-0.25, -0.2) is 4.57 Å². The zero-order valence-corrected chi connectivity index (χ0v) is 9.25. The van der Waals surface area contributed by atoms with E-state index in [0.717, 1.165) is 4.57 Å². The zero-order chi connectivity index (χ0) is 13.1. The summed E-state index contributed by atoms with van der Waals surface area (Å²) in [5.41, 5.74) is 0.550. The Balaban J connectivity index is 2.49. The number of benzene rings is 1. The highest BCUT2D eigenvalue weighted by atomic mass is 16.6. The highest BCUT2D eigenvalue weighted by Gasteiger charge is 2.34. The van der Waals surface area contributed by atoms with Gasteiger partial charge in [-0.2, -0.15) is 0 Å². The second kappa shape index (κ2) is 4.99. The van der Waals surface area contributed by atoms with Crippen LogP contribution in [0.15, 0.2) is 42.7 Å². The van der Waals surface area contributed by atoms with Crippen LogP contribution in [0.1, 0.15) is 11.5 Å². The molecule has 8 heteroatoms. The van der Waals surface area contributed by atoms with Crippen LogP contribution in [0.2, 0.25) is 0 Å². The average Bonchev–Trinajstić information content (AvgIpc) is 2.79. The van der Waals surface area contributed by atoms with Crippen molar-refractivity contribution in [2.24, 2.45) is 0 Å². The second-order valence-electron chi connectivity index (χ2n) is 3.66. The van der Waals surface area contributed by atoms with Crippen molar-refractivity contribution in [1.29, 1.82) is 0 Å². The van der Waals surface area contributed by atoms with Gasteiger partial charge in [-0.05, 0) is 10.5 Å². The Labute approximate surface area is 103 Å². The Hall–Kier alpha value is -2.19. The van der Waals surface area contributed by atoms with Crippen LogP contribution >= 0.6 is 0 Å². The van der Waals surface area contributed by atoms with Crippen molar-refractivity contribution in [2.75, 3.05) is 0 Å². The maximum atomic E-state index is 10.8. The van der Waals surface area contributed by atoms with Crippen molar-refractivity contribution < 1.29 is 15.0 Å². The minimum absolute atomic E-state index is 0.433. The molecule has 0 radical (unpaired) electrons. The summed E-state index contributed by atoms with van der Waals surface area (Å²) < 4.78 is 1.12. The largest absolute Gasteiger partial charge is 0.496 e. The molecule has 0 saturated carbocycles. The first-order chi connectivity index (χ1) is 8.61. The van der Waals surface area contributed by atoms with E-state index in [2.05, 4.69) is 4.98 Å². The van der Waals surface area contributed by atoms with E-state index < -0.39 is 23.9 Å². The van der Waals surface area contributed by atoms with Gasteiger partial charge >= 0.3 is 13.1 Å². The summed E-state index contributed by atoms with van der Waals surface area (Å²) in [5.74, 6) is -1.40. The Morgan fingerprint density at radius 1 is 1.33 bits per heavy atom. The molecule has 0 spiro atoms. The molecule has 1 unspecified atom stereocenters. The molecular formula is C10H10BN3O4. The lowest BCUT2D eigenvalue weighted by atomic mass is 9.75. The van der Waals surface area contributed by atoms with E-state index in [1.807, 2.05) is 0 Å². The Kier molecular flexibility index (Phi) is 3.40. The summed E-state index contributed by atoms with van der Waals surface area (Å²) in [7, 11) is -1.76. The predicted octanol–water partition coefficient (Wildman–Crippen LogP) is 0.393. The van der Waals surface area contributed by atoms with Gasteiger partial charge < -0.3 is 20.2 Å². The number of imidazole rings is 1. The fourth-order valence-corrected chi connectivity index (χ4v) is 1.79. The van der Waals surface area contributed by atoms with Gasteiger partial charge in [0, 0.05) is 0 Å². The van der Waals surface area contributed by atoms with Gasteiger partial charge in [0.05, 0.1) is 0 Å². The number of nitro groups is 1. The first-order valence-corrected chi connectivity index (χ1v) is 5.19. The minimum Gasteiger partial charge on any atom is -0.425 e. The number of rotatable bonds is 4. The van der Waals surface area contributed by atoms with Gasteiger partial charge in [-0.15, -0.1) is 0 Å². The summed E-state index contributed by atoms with van der Waals surface area (Å²) >= 11 is 0. The average molecular weight is 247 g/mol. The number of hydrogen-bond acceptors (Lipinski definition) is 5. The van der Waals surface area contributed by atoms with Gasteiger partial charge in [-0.3, -0.25) is 0 Å². The molecule has 2 rings (SSSR count). The quantitative estimate of drug-likeness (QED) is 0.462. The third-order valence-electron chi connectivity index (χ3n) is 2.53. The van der Waals surface area contributed by atoms with E-state index in [4.69, 9.17) is 0 Å². The Bertz CT molecular complexity index is 543. The lowest BCUT2D eigenvalue weighted by Crippen LogP contribution is -2.30. The first kappa shape index (κ1) is 12.3. The molecule has 0 aliphatic carbocycles. The molecule has 0 saturated heterocycles. The van der Waals surface area contributed by atoms with Gasteiger partial charge in [-0.1, -0.05) is 35.3 Å². The van der Waals surface area contributed by atoms with E-state index in [1.165, 1.54) is 12.4 Å². The van der Waals surface area contributed by atoms with Crippen molar-refractivity contribution in [1.82, 2.24) is 9.55 Å². The summed E-state index contributed by atoms with van der Waals surface area (Å²) in [5, 5.41) is 29.7. The molecule has 0 bridgehead atoms. The second-order valence-corrected chi connectivity index (χ2v) is 3.66. The molecule has 1 heterocycles. The van der Waals surface area contributed by atoms with Gasteiger partial charge in [0.15, 0.2) is 0 Å². The van der Waals surface area contributed by atoms with E-state index in [-0.39, 0.29) is 0 Å². The molecule has 2 N–H and O–H groups in total. The van der Waals surface area contributed by atoms with E-state index >= 15 is 0 Å². The van der Waals surface area contributed by atoms with Crippen molar-refractivity contribution in [3.63, 3.8) is 0 Å². The van der Waals surface area contributed by atoms with Crippen LogP contribution in [-0.2, 0) is 0 Å². The molecule has 7 nitrogen and oxygen atoms in total. The molecule has 1 aromatic heterocycles. The van der Waals surface area contributed by atoms with Crippen LogP contribution in [0.25, 0.3) is 0 Å². The van der Waals surface area contributed by atoms with Crippen LogP contribution in [0, 0.1) is 10.1 Å². The monoisotopic (exact) mass is 247 g/mol. The normalized spacial score (nSPS) is 12.1. The number of aromatic nitrogens is 2. The van der Waals surface area contributed by atoms with Gasteiger partial charge in [0.1, 0.15) is 18.3 Å². The van der Waals surface area contributed by atoms with E-state index in [0.29, 0.717) is 5.56 Å². The minimum atomic E-state index is -1.76. The summed E-state index contributed by atoms with van der Waals surface area (Å²) in [4.78, 5) is 13.7. The molecule has 1 aromatic carbocycles. The summed E-state index contributed by atoms with van der Waals surface area (Å²) in [6.07, 6.45) is 2.59. The van der Waals surface area contributed by atoms with E-state index in [9.17, 15) is 20.2 Å². The molecular weight excluding hydrogens is 237 g/mol. The fourth-order valence-electron chi connectivity index (χ4n) is 1.79. The van der Waals surface area contributed by atoms with Crippen LogP contribution in [0.3, 0.4) is 0 Å². The van der Waals surface area contributed by atoms with Crippen LogP contribution in [0.4, 0.5) is 5.95 Å². The molecule has 2 aromatic rings. The third kappa shape index (κ3) is 2.24. The van der Waals surface area contributed by atoms with Crippen molar-refractivity contribution >= 4 is 13.1 Å². The molecule has 92 valence electrons. The standard InChI is InChI=1S/C10H10BN3O4/c15-11(16)9(8-4-2-1-3-5-8)13-7-6-12-10(13)14(17)18/h1-7,9,15-16H. The Morgan fingerprint density at radius 3 is 2.56 bits per heavy atom. The van der Waals surface area contributed by atoms with Gasteiger partial charge in [0.2, 0.25) is 0 Å². The molecule has 18 heavy (non-hydrogen) atoms.